The second-order valence-electron chi connectivity index (χ2n) is 5.45. The van der Waals surface area contributed by atoms with Crippen molar-refractivity contribution in [3.8, 4) is 0 Å². The van der Waals surface area contributed by atoms with Gasteiger partial charge in [-0.25, -0.2) is 0 Å². The van der Waals surface area contributed by atoms with Crippen LogP contribution in [-0.2, 0) is 0 Å². The van der Waals surface area contributed by atoms with E-state index in [2.05, 4.69) is 13.8 Å². The van der Waals surface area contributed by atoms with E-state index in [1.165, 1.54) is 0 Å². The van der Waals surface area contributed by atoms with Crippen LogP contribution in [0.3, 0.4) is 0 Å². The second-order valence-corrected chi connectivity index (χ2v) is 6.23. The van der Waals surface area contributed by atoms with Gasteiger partial charge in [-0.3, -0.25) is 4.79 Å². The summed E-state index contributed by atoms with van der Waals surface area (Å²) < 4.78 is 0. The van der Waals surface area contributed by atoms with Gasteiger partial charge < -0.3 is 10.6 Å². The van der Waals surface area contributed by atoms with Crippen molar-refractivity contribution in [2.24, 2.45) is 5.92 Å². The Hall–Kier alpha value is -0.930. The Morgan fingerprint density at radius 2 is 2.05 bits per heavy atom. The van der Waals surface area contributed by atoms with E-state index in [1.54, 1.807) is 12.1 Å². The van der Waals surface area contributed by atoms with Crippen LogP contribution in [0.15, 0.2) is 12.1 Å². The molecule has 5 heteroatoms. The standard InChI is InChI=1S/C14H18Cl2N2O/c1-8(2)7-18(10-3-4-10)14(19)11-5-9(17)6-12(15)13(11)16/h5-6,8,10H,3-4,7,17H2,1-2H3. The molecule has 1 saturated carbocycles. The third-order valence-electron chi connectivity index (χ3n) is 3.09. The molecule has 0 unspecified atom stereocenters. The molecule has 0 bridgehead atoms. The summed E-state index contributed by atoms with van der Waals surface area (Å²) in [6, 6.07) is 3.50. The third kappa shape index (κ3) is 3.34. The van der Waals surface area contributed by atoms with E-state index in [0.29, 0.717) is 28.2 Å². The predicted octanol–water partition coefficient (Wildman–Crippen LogP) is 3.84. The van der Waals surface area contributed by atoms with Crippen molar-refractivity contribution < 1.29 is 4.79 Å². The number of carbonyl (C=O) groups is 1. The number of nitrogen functional groups attached to an aromatic ring is 1. The fraction of sp³-hybridized carbons (Fsp3) is 0.500. The summed E-state index contributed by atoms with van der Waals surface area (Å²) in [5, 5.41) is 0.612. The SMILES string of the molecule is CC(C)CN(C(=O)c1cc(N)cc(Cl)c1Cl)C1CC1. The molecule has 1 aromatic rings. The van der Waals surface area contributed by atoms with Crippen LogP contribution in [-0.4, -0.2) is 23.4 Å². The number of amides is 1. The monoisotopic (exact) mass is 300 g/mol. The van der Waals surface area contributed by atoms with Gasteiger partial charge in [-0.2, -0.15) is 0 Å². The van der Waals surface area contributed by atoms with Crippen molar-refractivity contribution in [3.05, 3.63) is 27.7 Å². The van der Waals surface area contributed by atoms with Crippen molar-refractivity contribution in [1.29, 1.82) is 0 Å². The largest absolute Gasteiger partial charge is 0.399 e. The quantitative estimate of drug-likeness (QED) is 0.859. The van der Waals surface area contributed by atoms with E-state index in [9.17, 15) is 4.79 Å². The number of nitrogens with zero attached hydrogens (tertiary/aromatic N) is 1. The Kier molecular flexibility index (Phi) is 4.26. The van der Waals surface area contributed by atoms with Gasteiger partial charge in [-0.15, -0.1) is 0 Å². The average molecular weight is 301 g/mol. The zero-order valence-electron chi connectivity index (χ0n) is 11.1. The molecule has 0 aliphatic heterocycles. The predicted molar refractivity (Wildman–Crippen MR) is 79.8 cm³/mol. The van der Waals surface area contributed by atoms with E-state index in [-0.39, 0.29) is 10.9 Å². The summed E-state index contributed by atoms with van der Waals surface area (Å²) in [4.78, 5) is 14.5. The Morgan fingerprint density at radius 1 is 1.42 bits per heavy atom. The van der Waals surface area contributed by atoms with Crippen molar-refractivity contribution >= 4 is 34.8 Å². The third-order valence-corrected chi connectivity index (χ3v) is 3.89. The smallest absolute Gasteiger partial charge is 0.255 e. The normalized spacial score (nSPS) is 14.8. The van der Waals surface area contributed by atoms with E-state index >= 15 is 0 Å². The Bertz CT molecular complexity index is 498. The zero-order valence-corrected chi connectivity index (χ0v) is 12.6. The molecule has 0 spiro atoms. The first-order chi connectivity index (χ1) is 8.90. The van der Waals surface area contributed by atoms with Gasteiger partial charge in [0.15, 0.2) is 0 Å². The van der Waals surface area contributed by atoms with E-state index in [1.807, 2.05) is 4.90 Å². The number of hydrogen-bond acceptors (Lipinski definition) is 2. The first-order valence-electron chi connectivity index (χ1n) is 6.45. The lowest BCUT2D eigenvalue weighted by atomic mass is 10.1. The molecule has 2 rings (SSSR count). The molecule has 1 aromatic carbocycles. The summed E-state index contributed by atoms with van der Waals surface area (Å²) in [6.07, 6.45) is 2.12. The first kappa shape index (κ1) is 14.5. The van der Waals surface area contributed by atoms with Crippen LogP contribution in [0.2, 0.25) is 10.0 Å². The van der Waals surface area contributed by atoms with E-state index < -0.39 is 0 Å². The maximum absolute atomic E-state index is 12.6. The summed E-state index contributed by atoms with van der Waals surface area (Å²) in [5.74, 6) is 0.343. The summed E-state index contributed by atoms with van der Waals surface area (Å²) >= 11 is 12.1. The van der Waals surface area contributed by atoms with Gasteiger partial charge in [0.25, 0.3) is 5.91 Å². The highest BCUT2D eigenvalue weighted by Gasteiger charge is 2.34. The molecule has 0 saturated heterocycles. The van der Waals surface area contributed by atoms with Gasteiger partial charge in [0.05, 0.1) is 15.6 Å². The van der Waals surface area contributed by atoms with E-state index in [4.69, 9.17) is 28.9 Å². The Morgan fingerprint density at radius 3 is 2.58 bits per heavy atom. The van der Waals surface area contributed by atoms with Crippen LogP contribution in [0.4, 0.5) is 5.69 Å². The number of hydrogen-bond donors (Lipinski definition) is 1. The number of carbonyl (C=O) groups excluding carboxylic acids is 1. The molecular weight excluding hydrogens is 283 g/mol. The fourth-order valence-corrected chi connectivity index (χ4v) is 2.52. The van der Waals surface area contributed by atoms with Crippen molar-refractivity contribution in [2.45, 2.75) is 32.7 Å². The molecule has 1 aliphatic carbocycles. The molecular formula is C14H18Cl2N2O. The minimum Gasteiger partial charge on any atom is -0.399 e. The van der Waals surface area contributed by atoms with Gasteiger partial charge in [0.2, 0.25) is 0 Å². The summed E-state index contributed by atoms with van der Waals surface area (Å²) in [7, 11) is 0. The minimum absolute atomic E-state index is 0.0737. The number of rotatable bonds is 4. The molecule has 3 nitrogen and oxygen atoms in total. The lowest BCUT2D eigenvalue weighted by molar-refractivity contribution is 0.0723. The molecule has 1 amide bonds. The van der Waals surface area contributed by atoms with Crippen LogP contribution >= 0.6 is 23.2 Å². The van der Waals surface area contributed by atoms with Gasteiger partial charge in [0.1, 0.15) is 0 Å². The minimum atomic E-state index is -0.0737. The lowest BCUT2D eigenvalue weighted by Crippen LogP contribution is -2.36. The highest BCUT2D eigenvalue weighted by molar-refractivity contribution is 6.44. The van der Waals surface area contributed by atoms with Crippen LogP contribution < -0.4 is 5.73 Å². The summed E-state index contributed by atoms with van der Waals surface area (Å²) in [5.41, 5.74) is 6.60. The maximum Gasteiger partial charge on any atom is 0.255 e. The van der Waals surface area contributed by atoms with Crippen molar-refractivity contribution in [1.82, 2.24) is 4.90 Å². The first-order valence-corrected chi connectivity index (χ1v) is 7.21. The lowest BCUT2D eigenvalue weighted by Gasteiger charge is -2.25. The molecule has 1 fully saturated rings. The van der Waals surface area contributed by atoms with E-state index in [0.717, 1.165) is 19.4 Å². The summed E-state index contributed by atoms with van der Waals surface area (Å²) in [6.45, 7) is 4.92. The number of benzene rings is 1. The topological polar surface area (TPSA) is 46.3 Å². The number of nitrogens with two attached hydrogens (primary N) is 1. The highest BCUT2D eigenvalue weighted by Crippen LogP contribution is 2.33. The van der Waals surface area contributed by atoms with Gasteiger partial charge >= 0.3 is 0 Å². The average Bonchev–Trinajstić information content (AvgIpc) is 3.13. The number of anilines is 1. The second kappa shape index (κ2) is 5.59. The molecule has 0 aromatic heterocycles. The molecule has 0 atom stereocenters. The Labute approximate surface area is 123 Å². The molecule has 0 radical (unpaired) electrons. The zero-order chi connectivity index (χ0) is 14.2. The molecule has 1 aliphatic rings. The molecule has 2 N–H and O–H groups in total. The highest BCUT2D eigenvalue weighted by atomic mass is 35.5. The molecule has 104 valence electrons. The Balaban J connectivity index is 2.31. The van der Waals surface area contributed by atoms with Crippen LogP contribution in [0.5, 0.6) is 0 Å². The van der Waals surface area contributed by atoms with Crippen LogP contribution in [0.1, 0.15) is 37.0 Å². The van der Waals surface area contributed by atoms with Gasteiger partial charge in [-0.05, 0) is 30.9 Å². The van der Waals surface area contributed by atoms with Crippen molar-refractivity contribution in [3.63, 3.8) is 0 Å². The van der Waals surface area contributed by atoms with Crippen molar-refractivity contribution in [2.75, 3.05) is 12.3 Å². The van der Waals surface area contributed by atoms with Crippen LogP contribution in [0, 0.1) is 5.92 Å². The maximum atomic E-state index is 12.6. The van der Waals surface area contributed by atoms with Gasteiger partial charge in [-0.1, -0.05) is 37.0 Å². The molecule has 0 heterocycles. The van der Waals surface area contributed by atoms with Crippen LogP contribution in [0.25, 0.3) is 0 Å². The fourth-order valence-electron chi connectivity index (χ4n) is 2.10. The molecule has 19 heavy (non-hydrogen) atoms. The van der Waals surface area contributed by atoms with Gasteiger partial charge in [0, 0.05) is 18.3 Å². The number of halogens is 2.